The van der Waals surface area contributed by atoms with Crippen molar-refractivity contribution in [3.63, 3.8) is 0 Å². The lowest BCUT2D eigenvalue weighted by Crippen LogP contribution is -2.48. The summed E-state index contributed by atoms with van der Waals surface area (Å²) in [6.45, 7) is 5.27. The average Bonchev–Trinajstić information content (AvgIpc) is 2.88. The van der Waals surface area contributed by atoms with Crippen LogP contribution in [0.2, 0.25) is 5.02 Å². The Hall–Kier alpha value is -3.03. The number of nitrogens with zero attached hydrogens (tertiary/aromatic N) is 2. The Balaban J connectivity index is 1.34. The molecule has 1 aliphatic heterocycles. The van der Waals surface area contributed by atoms with Gasteiger partial charge in [0.05, 0.1) is 22.9 Å². The van der Waals surface area contributed by atoms with Gasteiger partial charge in [-0.05, 0) is 76.9 Å². The molecular weight excluding hydrogens is 530 g/mol. The third-order valence-corrected chi connectivity index (χ3v) is 6.80. The van der Waals surface area contributed by atoms with Crippen molar-refractivity contribution < 1.29 is 14.3 Å². The van der Waals surface area contributed by atoms with Crippen molar-refractivity contribution in [3.8, 4) is 5.75 Å². The molecule has 1 saturated heterocycles. The molecule has 182 valence electrons. The van der Waals surface area contributed by atoms with E-state index in [9.17, 15) is 9.59 Å². The van der Waals surface area contributed by atoms with Crippen LogP contribution in [0.15, 0.2) is 71.2 Å². The summed E-state index contributed by atoms with van der Waals surface area (Å²) in [5.41, 5.74) is 2.72. The summed E-state index contributed by atoms with van der Waals surface area (Å²) in [7, 11) is 0. The van der Waals surface area contributed by atoms with Gasteiger partial charge in [-0.15, -0.1) is 0 Å². The number of halogens is 2. The van der Waals surface area contributed by atoms with Crippen LogP contribution in [0.25, 0.3) is 0 Å². The minimum absolute atomic E-state index is 0.0166. The fourth-order valence-electron chi connectivity index (χ4n) is 3.93. The maximum absolute atomic E-state index is 12.9. The second kappa shape index (κ2) is 11.6. The number of hydrogen-bond acceptors (Lipinski definition) is 4. The van der Waals surface area contributed by atoms with Crippen LogP contribution in [0.5, 0.6) is 5.75 Å². The molecule has 2 amide bonds. The van der Waals surface area contributed by atoms with Gasteiger partial charge in [-0.1, -0.05) is 30.7 Å². The molecule has 3 aromatic rings. The number of amides is 2. The van der Waals surface area contributed by atoms with E-state index in [1.165, 1.54) is 0 Å². The van der Waals surface area contributed by atoms with Crippen molar-refractivity contribution >= 4 is 50.7 Å². The molecule has 6 nitrogen and oxygen atoms in total. The zero-order chi connectivity index (χ0) is 24.8. The molecule has 1 N–H and O–H groups in total. The normalized spacial score (nSPS) is 13.5. The van der Waals surface area contributed by atoms with Crippen LogP contribution in [0.1, 0.15) is 34.1 Å². The molecule has 0 bridgehead atoms. The molecule has 35 heavy (non-hydrogen) atoms. The van der Waals surface area contributed by atoms with E-state index in [0.29, 0.717) is 54.6 Å². The summed E-state index contributed by atoms with van der Waals surface area (Å²) >= 11 is 9.98. The Bertz CT molecular complexity index is 1190. The number of piperazine rings is 1. The van der Waals surface area contributed by atoms with Crippen LogP contribution in [-0.4, -0.2) is 49.5 Å². The second-order valence-electron chi connectivity index (χ2n) is 8.25. The molecule has 1 aliphatic rings. The molecular formula is C27H27BrClN3O3. The fraction of sp³-hybridized carbons (Fsp3) is 0.259. The lowest BCUT2D eigenvalue weighted by atomic mass is 10.1. The maximum Gasteiger partial charge on any atom is 0.256 e. The number of benzene rings is 3. The summed E-state index contributed by atoms with van der Waals surface area (Å²) in [5, 5.41) is 3.44. The highest BCUT2D eigenvalue weighted by Gasteiger charge is 2.23. The number of hydrogen-bond donors (Lipinski definition) is 1. The van der Waals surface area contributed by atoms with Gasteiger partial charge in [-0.25, -0.2) is 0 Å². The molecule has 0 spiro atoms. The van der Waals surface area contributed by atoms with E-state index < -0.39 is 0 Å². The summed E-state index contributed by atoms with van der Waals surface area (Å²) in [6, 6.07) is 20.1. The molecule has 0 unspecified atom stereocenters. The topological polar surface area (TPSA) is 61.9 Å². The zero-order valence-electron chi connectivity index (χ0n) is 19.5. The summed E-state index contributed by atoms with van der Waals surface area (Å²) in [6.07, 6.45) is 0.942. The molecule has 8 heteroatoms. The second-order valence-corrected chi connectivity index (χ2v) is 9.51. The van der Waals surface area contributed by atoms with Gasteiger partial charge >= 0.3 is 0 Å². The van der Waals surface area contributed by atoms with E-state index >= 15 is 0 Å². The highest BCUT2D eigenvalue weighted by Crippen LogP contribution is 2.30. The lowest BCUT2D eigenvalue weighted by Gasteiger charge is -2.36. The Kier molecular flexibility index (Phi) is 8.31. The van der Waals surface area contributed by atoms with Gasteiger partial charge in [0, 0.05) is 41.9 Å². The van der Waals surface area contributed by atoms with E-state index in [2.05, 4.69) is 33.1 Å². The van der Waals surface area contributed by atoms with Crippen molar-refractivity contribution in [3.05, 3.63) is 87.4 Å². The molecule has 0 aromatic heterocycles. The first-order valence-corrected chi connectivity index (χ1v) is 12.8. The largest absolute Gasteiger partial charge is 0.494 e. The van der Waals surface area contributed by atoms with E-state index in [0.717, 1.165) is 22.3 Å². The van der Waals surface area contributed by atoms with Gasteiger partial charge in [0.15, 0.2) is 0 Å². The molecule has 0 atom stereocenters. The minimum Gasteiger partial charge on any atom is -0.494 e. The predicted octanol–water partition coefficient (Wildman–Crippen LogP) is 6.11. The highest BCUT2D eigenvalue weighted by atomic mass is 79.9. The van der Waals surface area contributed by atoms with E-state index in [-0.39, 0.29) is 11.8 Å². The Labute approximate surface area is 219 Å². The highest BCUT2D eigenvalue weighted by molar-refractivity contribution is 9.10. The first-order valence-electron chi connectivity index (χ1n) is 11.6. The number of ether oxygens (including phenoxy) is 1. The third-order valence-electron chi connectivity index (χ3n) is 5.81. The van der Waals surface area contributed by atoms with Gasteiger partial charge in [0.2, 0.25) is 0 Å². The number of nitrogens with one attached hydrogen (secondary N) is 1. The molecule has 0 saturated carbocycles. The number of rotatable bonds is 7. The fourth-order valence-corrected chi connectivity index (χ4v) is 4.70. The van der Waals surface area contributed by atoms with E-state index in [1.807, 2.05) is 59.5 Å². The molecule has 0 radical (unpaired) electrons. The Morgan fingerprint density at radius 2 is 1.71 bits per heavy atom. The minimum atomic E-state index is -0.210. The SMILES string of the molecule is CCCOc1ccc(C(=O)N2CCN(c3ccc(NC(=O)c4ccccc4Br)cc3Cl)CC2)cc1. The van der Waals surface area contributed by atoms with Crippen LogP contribution < -0.4 is 15.0 Å². The zero-order valence-corrected chi connectivity index (χ0v) is 21.8. The standard InChI is InChI=1S/C27H27BrClN3O3/c1-2-17-35-21-10-7-19(8-11-21)27(34)32-15-13-31(14-16-32)25-12-9-20(18-24(25)29)30-26(33)22-5-3-4-6-23(22)28/h3-12,18H,2,13-17H2,1H3,(H,30,33). The smallest absolute Gasteiger partial charge is 0.256 e. The number of carbonyl (C=O) groups is 2. The third kappa shape index (κ3) is 6.16. The van der Waals surface area contributed by atoms with Crippen molar-refractivity contribution in [2.45, 2.75) is 13.3 Å². The molecule has 4 rings (SSSR count). The van der Waals surface area contributed by atoms with Crippen molar-refractivity contribution in [1.82, 2.24) is 4.90 Å². The quantitative estimate of drug-likeness (QED) is 0.382. The number of anilines is 2. The maximum atomic E-state index is 12.9. The first-order chi connectivity index (χ1) is 17.0. The Morgan fingerprint density at radius 3 is 2.37 bits per heavy atom. The summed E-state index contributed by atoms with van der Waals surface area (Å²) in [5.74, 6) is 0.584. The van der Waals surface area contributed by atoms with Gasteiger partial charge in [-0.3, -0.25) is 9.59 Å². The van der Waals surface area contributed by atoms with E-state index in [4.69, 9.17) is 16.3 Å². The van der Waals surface area contributed by atoms with Crippen LogP contribution in [0.4, 0.5) is 11.4 Å². The van der Waals surface area contributed by atoms with Crippen LogP contribution in [-0.2, 0) is 0 Å². The van der Waals surface area contributed by atoms with Crippen LogP contribution in [0.3, 0.4) is 0 Å². The monoisotopic (exact) mass is 555 g/mol. The first kappa shape index (κ1) is 25.1. The summed E-state index contributed by atoms with van der Waals surface area (Å²) < 4.78 is 6.33. The predicted molar refractivity (Wildman–Crippen MR) is 144 cm³/mol. The number of carbonyl (C=O) groups excluding carboxylic acids is 2. The average molecular weight is 557 g/mol. The molecule has 1 heterocycles. The van der Waals surface area contributed by atoms with Crippen LogP contribution >= 0.6 is 27.5 Å². The Morgan fingerprint density at radius 1 is 1.00 bits per heavy atom. The summed E-state index contributed by atoms with van der Waals surface area (Å²) in [4.78, 5) is 29.5. The van der Waals surface area contributed by atoms with Crippen molar-refractivity contribution in [2.24, 2.45) is 0 Å². The van der Waals surface area contributed by atoms with Crippen molar-refractivity contribution in [1.29, 1.82) is 0 Å². The molecule has 0 aliphatic carbocycles. The van der Waals surface area contributed by atoms with Crippen LogP contribution in [0, 0.1) is 0 Å². The van der Waals surface area contributed by atoms with Gasteiger partial charge in [0.25, 0.3) is 11.8 Å². The van der Waals surface area contributed by atoms with Gasteiger partial charge in [0.1, 0.15) is 5.75 Å². The molecule has 3 aromatic carbocycles. The molecule has 1 fully saturated rings. The van der Waals surface area contributed by atoms with Gasteiger partial charge in [-0.2, -0.15) is 0 Å². The van der Waals surface area contributed by atoms with Crippen molar-refractivity contribution in [2.75, 3.05) is 43.0 Å². The van der Waals surface area contributed by atoms with E-state index in [1.54, 1.807) is 12.1 Å². The van der Waals surface area contributed by atoms with Gasteiger partial charge < -0.3 is 19.9 Å². The lowest BCUT2D eigenvalue weighted by molar-refractivity contribution is 0.0746.